The molecule has 2 amide bonds. The van der Waals surface area contributed by atoms with Crippen molar-refractivity contribution in [3.8, 4) is 5.75 Å². The van der Waals surface area contributed by atoms with Gasteiger partial charge in [0.1, 0.15) is 5.75 Å². The Bertz CT molecular complexity index is 544. The Morgan fingerprint density at radius 3 is 2.61 bits per heavy atom. The summed E-state index contributed by atoms with van der Waals surface area (Å²) in [5, 5.41) is 2.88. The van der Waals surface area contributed by atoms with Crippen LogP contribution in [0, 0.1) is 5.92 Å². The van der Waals surface area contributed by atoms with Gasteiger partial charge in [-0.2, -0.15) is 0 Å². The lowest BCUT2D eigenvalue weighted by atomic mass is 9.84. The van der Waals surface area contributed by atoms with Crippen LogP contribution in [0.15, 0.2) is 24.3 Å². The molecule has 1 fully saturated rings. The van der Waals surface area contributed by atoms with E-state index in [4.69, 9.17) is 9.47 Å². The van der Waals surface area contributed by atoms with Gasteiger partial charge in [-0.1, -0.05) is 12.1 Å². The molecule has 0 aromatic heterocycles. The molecule has 1 aliphatic rings. The van der Waals surface area contributed by atoms with Gasteiger partial charge in [0, 0.05) is 27.1 Å². The molecule has 23 heavy (non-hydrogen) atoms. The van der Waals surface area contributed by atoms with E-state index in [9.17, 15) is 9.59 Å². The van der Waals surface area contributed by atoms with E-state index in [0.29, 0.717) is 26.0 Å². The lowest BCUT2D eigenvalue weighted by Crippen LogP contribution is -2.46. The first-order chi connectivity index (χ1) is 11.1. The van der Waals surface area contributed by atoms with Crippen molar-refractivity contribution < 1.29 is 19.1 Å². The summed E-state index contributed by atoms with van der Waals surface area (Å²) in [6.07, 6.45) is 0.949. The largest absolute Gasteiger partial charge is 0.497 e. The second-order valence-electron chi connectivity index (χ2n) is 5.65. The second kappa shape index (κ2) is 7.97. The van der Waals surface area contributed by atoms with Crippen molar-refractivity contribution in [1.29, 1.82) is 0 Å². The maximum atomic E-state index is 12.5. The van der Waals surface area contributed by atoms with Gasteiger partial charge in [-0.25, -0.2) is 0 Å². The Morgan fingerprint density at radius 2 is 2.00 bits per heavy atom. The van der Waals surface area contributed by atoms with Gasteiger partial charge in [0.25, 0.3) is 0 Å². The highest BCUT2D eigenvalue weighted by Gasteiger charge is 2.38. The number of hydrogen-bond donors (Lipinski definition) is 1. The minimum Gasteiger partial charge on any atom is -0.497 e. The number of carbonyl (C=O) groups excluding carboxylic acids is 2. The average molecular weight is 320 g/mol. The van der Waals surface area contributed by atoms with Crippen LogP contribution in [-0.4, -0.2) is 51.1 Å². The second-order valence-corrected chi connectivity index (χ2v) is 5.65. The maximum absolute atomic E-state index is 12.5. The lowest BCUT2D eigenvalue weighted by molar-refractivity contribution is -0.141. The predicted octanol–water partition coefficient (Wildman–Crippen LogP) is 1.37. The number of benzene rings is 1. The van der Waals surface area contributed by atoms with Crippen molar-refractivity contribution >= 4 is 11.8 Å². The summed E-state index contributed by atoms with van der Waals surface area (Å²) in [6.45, 7) is 0.944. The highest BCUT2D eigenvalue weighted by Crippen LogP contribution is 2.36. The van der Waals surface area contributed by atoms with Crippen LogP contribution in [-0.2, 0) is 14.3 Å². The minimum absolute atomic E-state index is 0.0396. The SMILES string of the molecule is COCCNC(=O)[C@@H]1CCC(=O)N(C)[C@H]1c1ccc(OC)cc1. The van der Waals surface area contributed by atoms with Crippen LogP contribution in [0.1, 0.15) is 24.4 Å². The van der Waals surface area contributed by atoms with Gasteiger partial charge in [0.15, 0.2) is 0 Å². The van der Waals surface area contributed by atoms with Crippen LogP contribution in [0.25, 0.3) is 0 Å². The fourth-order valence-electron chi connectivity index (χ4n) is 2.98. The Labute approximate surface area is 136 Å². The Morgan fingerprint density at radius 1 is 1.30 bits per heavy atom. The van der Waals surface area contributed by atoms with Crippen molar-refractivity contribution in [1.82, 2.24) is 10.2 Å². The molecule has 0 spiro atoms. The van der Waals surface area contributed by atoms with E-state index in [1.165, 1.54) is 0 Å². The highest BCUT2D eigenvalue weighted by molar-refractivity contribution is 5.84. The number of likely N-dealkylation sites (tertiary alicyclic amines) is 1. The van der Waals surface area contributed by atoms with Crippen molar-refractivity contribution in [2.24, 2.45) is 5.92 Å². The first-order valence-corrected chi connectivity index (χ1v) is 7.74. The van der Waals surface area contributed by atoms with E-state index in [1.807, 2.05) is 24.3 Å². The zero-order chi connectivity index (χ0) is 16.8. The van der Waals surface area contributed by atoms with E-state index in [-0.39, 0.29) is 23.8 Å². The number of piperidine rings is 1. The molecule has 2 atom stereocenters. The molecule has 2 rings (SSSR count). The summed E-state index contributed by atoms with van der Waals surface area (Å²) in [5.74, 6) is 0.511. The molecule has 0 aliphatic carbocycles. The van der Waals surface area contributed by atoms with Gasteiger partial charge >= 0.3 is 0 Å². The zero-order valence-electron chi connectivity index (χ0n) is 13.9. The van der Waals surface area contributed by atoms with Crippen molar-refractivity contribution in [3.05, 3.63) is 29.8 Å². The molecule has 1 aromatic rings. The average Bonchev–Trinajstić information content (AvgIpc) is 2.57. The number of ether oxygens (including phenoxy) is 2. The standard InChI is InChI=1S/C17H24N2O4/c1-19-15(20)9-8-14(17(21)18-10-11-22-2)16(19)12-4-6-13(23-3)7-5-12/h4-7,14,16H,8-11H2,1-3H3,(H,18,21)/t14-,16+/m1/s1. The van der Waals surface area contributed by atoms with Gasteiger partial charge in [0.05, 0.1) is 25.7 Å². The van der Waals surface area contributed by atoms with Crippen LogP contribution < -0.4 is 10.1 Å². The van der Waals surface area contributed by atoms with Crippen LogP contribution in [0.5, 0.6) is 5.75 Å². The van der Waals surface area contributed by atoms with Gasteiger partial charge in [-0.15, -0.1) is 0 Å². The summed E-state index contributed by atoms with van der Waals surface area (Å²) >= 11 is 0. The number of rotatable bonds is 6. The minimum atomic E-state index is -0.261. The van der Waals surface area contributed by atoms with Crippen molar-refractivity contribution in [3.63, 3.8) is 0 Å². The predicted molar refractivity (Wildman–Crippen MR) is 86.1 cm³/mol. The van der Waals surface area contributed by atoms with Crippen LogP contribution in [0.3, 0.4) is 0 Å². The van der Waals surface area contributed by atoms with E-state index < -0.39 is 0 Å². The maximum Gasteiger partial charge on any atom is 0.225 e. The third-order valence-electron chi connectivity index (χ3n) is 4.26. The first kappa shape index (κ1) is 17.3. The summed E-state index contributed by atoms with van der Waals surface area (Å²) < 4.78 is 10.1. The number of amides is 2. The molecule has 1 saturated heterocycles. The molecule has 1 heterocycles. The molecule has 0 unspecified atom stereocenters. The zero-order valence-corrected chi connectivity index (χ0v) is 13.9. The number of methoxy groups -OCH3 is 2. The van der Waals surface area contributed by atoms with Crippen LogP contribution >= 0.6 is 0 Å². The van der Waals surface area contributed by atoms with Gasteiger partial charge in [0.2, 0.25) is 11.8 Å². The monoisotopic (exact) mass is 320 g/mol. The van der Waals surface area contributed by atoms with E-state index in [1.54, 1.807) is 26.2 Å². The summed E-state index contributed by atoms with van der Waals surface area (Å²) in [5.41, 5.74) is 0.938. The van der Waals surface area contributed by atoms with E-state index in [2.05, 4.69) is 5.32 Å². The molecule has 1 aliphatic heterocycles. The molecule has 0 saturated carbocycles. The molecule has 0 radical (unpaired) electrons. The molecule has 1 aromatic carbocycles. The number of nitrogens with one attached hydrogen (secondary N) is 1. The summed E-state index contributed by atoms with van der Waals surface area (Å²) in [6, 6.07) is 7.26. The van der Waals surface area contributed by atoms with Crippen molar-refractivity contribution in [2.45, 2.75) is 18.9 Å². The summed E-state index contributed by atoms with van der Waals surface area (Å²) in [7, 11) is 4.96. The number of nitrogens with zero attached hydrogens (tertiary/aromatic N) is 1. The molecule has 6 nitrogen and oxygen atoms in total. The quantitative estimate of drug-likeness (QED) is 0.804. The molecule has 6 heteroatoms. The van der Waals surface area contributed by atoms with Crippen LogP contribution in [0.4, 0.5) is 0 Å². The fourth-order valence-corrected chi connectivity index (χ4v) is 2.98. The van der Waals surface area contributed by atoms with E-state index >= 15 is 0 Å². The smallest absolute Gasteiger partial charge is 0.225 e. The first-order valence-electron chi connectivity index (χ1n) is 7.74. The Hall–Kier alpha value is -2.08. The molecule has 126 valence electrons. The van der Waals surface area contributed by atoms with Crippen molar-refractivity contribution in [2.75, 3.05) is 34.4 Å². The van der Waals surface area contributed by atoms with Gasteiger partial charge in [-0.3, -0.25) is 9.59 Å². The normalized spacial score (nSPS) is 21.2. The molecule has 0 bridgehead atoms. The van der Waals surface area contributed by atoms with Crippen LogP contribution in [0.2, 0.25) is 0 Å². The molecular weight excluding hydrogens is 296 g/mol. The lowest BCUT2D eigenvalue weighted by Gasteiger charge is -2.38. The number of hydrogen-bond acceptors (Lipinski definition) is 4. The molecular formula is C17H24N2O4. The number of carbonyl (C=O) groups is 2. The third-order valence-corrected chi connectivity index (χ3v) is 4.26. The topological polar surface area (TPSA) is 67.9 Å². The fraction of sp³-hybridized carbons (Fsp3) is 0.529. The van der Waals surface area contributed by atoms with Gasteiger partial charge in [-0.05, 0) is 24.1 Å². The van der Waals surface area contributed by atoms with Gasteiger partial charge < -0.3 is 19.7 Å². The summed E-state index contributed by atoms with van der Waals surface area (Å²) in [4.78, 5) is 26.3. The van der Waals surface area contributed by atoms with E-state index in [0.717, 1.165) is 11.3 Å². The molecule has 1 N–H and O–H groups in total. The highest BCUT2D eigenvalue weighted by atomic mass is 16.5. The Kier molecular flexibility index (Phi) is 5.98. The third kappa shape index (κ3) is 4.01. The Balaban J connectivity index is 2.20.